The molecule has 0 radical (unpaired) electrons. The second-order valence-electron chi connectivity index (χ2n) is 6.74. The number of likely N-dealkylation sites (tertiary alicyclic amines) is 1. The van der Waals surface area contributed by atoms with E-state index in [9.17, 15) is 9.59 Å². The van der Waals surface area contributed by atoms with Gasteiger partial charge < -0.3 is 15.6 Å². The SMILES string of the molecule is NCc1ccc(C(=O)N2CCC(n3c(=O)[nH]c4ccccc43)CC2)cc1. The maximum Gasteiger partial charge on any atom is 0.326 e. The summed E-state index contributed by atoms with van der Waals surface area (Å²) in [6, 6.07) is 15.3. The molecule has 1 amide bonds. The zero-order valence-electron chi connectivity index (χ0n) is 14.5. The average Bonchev–Trinajstić information content (AvgIpc) is 3.03. The van der Waals surface area contributed by atoms with Crippen LogP contribution in [0, 0.1) is 0 Å². The quantitative estimate of drug-likeness (QED) is 0.760. The van der Waals surface area contributed by atoms with E-state index in [0.29, 0.717) is 25.2 Å². The van der Waals surface area contributed by atoms with Gasteiger partial charge in [0.1, 0.15) is 0 Å². The maximum atomic E-state index is 12.7. The van der Waals surface area contributed by atoms with Crippen LogP contribution in [0.1, 0.15) is 34.8 Å². The molecule has 1 saturated heterocycles. The molecule has 1 aliphatic rings. The Balaban J connectivity index is 1.49. The standard InChI is InChI=1S/C20H22N4O2/c21-13-14-5-7-15(8-6-14)19(25)23-11-9-16(10-12-23)24-18-4-2-1-3-17(18)22-20(24)26/h1-8,16H,9-13,21H2,(H,22,26). The number of nitrogens with zero attached hydrogens (tertiary/aromatic N) is 2. The molecule has 6 nitrogen and oxygen atoms in total. The summed E-state index contributed by atoms with van der Waals surface area (Å²) in [7, 11) is 0. The smallest absolute Gasteiger partial charge is 0.326 e. The summed E-state index contributed by atoms with van der Waals surface area (Å²) in [4.78, 5) is 29.8. The van der Waals surface area contributed by atoms with E-state index in [1.165, 1.54) is 0 Å². The average molecular weight is 350 g/mol. The highest BCUT2D eigenvalue weighted by Gasteiger charge is 2.26. The van der Waals surface area contributed by atoms with Crippen LogP contribution >= 0.6 is 0 Å². The first-order chi connectivity index (χ1) is 12.7. The zero-order chi connectivity index (χ0) is 18.1. The second-order valence-corrected chi connectivity index (χ2v) is 6.74. The molecule has 3 aromatic rings. The molecule has 1 aromatic heterocycles. The fourth-order valence-electron chi connectivity index (χ4n) is 3.73. The van der Waals surface area contributed by atoms with Crippen LogP contribution in [-0.4, -0.2) is 33.4 Å². The van der Waals surface area contributed by atoms with Gasteiger partial charge in [0.15, 0.2) is 0 Å². The lowest BCUT2D eigenvalue weighted by atomic mass is 10.0. The van der Waals surface area contributed by atoms with Crippen molar-refractivity contribution in [2.75, 3.05) is 13.1 Å². The topological polar surface area (TPSA) is 84.1 Å². The van der Waals surface area contributed by atoms with Gasteiger partial charge in [-0.15, -0.1) is 0 Å². The van der Waals surface area contributed by atoms with Crippen LogP contribution in [0.15, 0.2) is 53.3 Å². The van der Waals surface area contributed by atoms with Gasteiger partial charge in [-0.2, -0.15) is 0 Å². The number of carbonyl (C=O) groups excluding carboxylic acids is 1. The summed E-state index contributed by atoms with van der Waals surface area (Å²) in [5, 5.41) is 0. The molecule has 1 aliphatic heterocycles. The Morgan fingerprint density at radius 2 is 1.77 bits per heavy atom. The molecule has 3 N–H and O–H groups in total. The first-order valence-electron chi connectivity index (χ1n) is 8.95. The van der Waals surface area contributed by atoms with Gasteiger partial charge in [0, 0.05) is 31.2 Å². The van der Waals surface area contributed by atoms with E-state index < -0.39 is 0 Å². The van der Waals surface area contributed by atoms with Crippen molar-refractivity contribution in [1.29, 1.82) is 0 Å². The molecule has 0 saturated carbocycles. The zero-order valence-corrected chi connectivity index (χ0v) is 14.5. The molecule has 134 valence electrons. The van der Waals surface area contributed by atoms with Crippen LogP contribution in [0.2, 0.25) is 0 Å². The lowest BCUT2D eigenvalue weighted by molar-refractivity contribution is 0.0695. The number of aromatic amines is 1. The monoisotopic (exact) mass is 350 g/mol. The van der Waals surface area contributed by atoms with Gasteiger partial charge in [0.2, 0.25) is 0 Å². The summed E-state index contributed by atoms with van der Waals surface area (Å²) in [5.41, 5.74) is 9.02. The van der Waals surface area contributed by atoms with Gasteiger partial charge in [0.25, 0.3) is 5.91 Å². The van der Waals surface area contributed by atoms with E-state index in [0.717, 1.165) is 29.4 Å². The molecule has 2 heterocycles. The Kier molecular flexibility index (Phi) is 4.34. The highest BCUT2D eigenvalue weighted by atomic mass is 16.2. The number of hydrogen-bond acceptors (Lipinski definition) is 3. The molecular weight excluding hydrogens is 328 g/mol. The highest BCUT2D eigenvalue weighted by Crippen LogP contribution is 2.25. The predicted octanol–water partition coefficient (Wildman–Crippen LogP) is 2.27. The van der Waals surface area contributed by atoms with Gasteiger partial charge in [-0.3, -0.25) is 9.36 Å². The Labute approximate surface area is 151 Å². The third-order valence-electron chi connectivity index (χ3n) is 5.18. The fraction of sp³-hybridized carbons (Fsp3) is 0.300. The van der Waals surface area contributed by atoms with Gasteiger partial charge in [-0.1, -0.05) is 24.3 Å². The van der Waals surface area contributed by atoms with E-state index in [-0.39, 0.29) is 17.6 Å². The van der Waals surface area contributed by atoms with Crippen LogP contribution in [0.25, 0.3) is 11.0 Å². The Morgan fingerprint density at radius 3 is 2.46 bits per heavy atom. The number of benzene rings is 2. The number of H-pyrrole nitrogens is 1. The summed E-state index contributed by atoms with van der Waals surface area (Å²) >= 11 is 0. The Morgan fingerprint density at radius 1 is 1.08 bits per heavy atom. The van der Waals surface area contributed by atoms with Gasteiger partial charge in [0.05, 0.1) is 11.0 Å². The van der Waals surface area contributed by atoms with E-state index >= 15 is 0 Å². The summed E-state index contributed by atoms with van der Waals surface area (Å²) < 4.78 is 1.84. The number of aromatic nitrogens is 2. The third kappa shape index (κ3) is 2.93. The molecule has 1 fully saturated rings. The fourth-order valence-corrected chi connectivity index (χ4v) is 3.73. The van der Waals surface area contributed by atoms with Crippen molar-refractivity contribution in [3.63, 3.8) is 0 Å². The number of piperidine rings is 1. The van der Waals surface area contributed by atoms with Crippen molar-refractivity contribution in [3.05, 3.63) is 70.1 Å². The van der Waals surface area contributed by atoms with Crippen molar-refractivity contribution >= 4 is 16.9 Å². The Bertz CT molecular complexity index is 979. The predicted molar refractivity (Wildman–Crippen MR) is 101 cm³/mol. The number of rotatable bonds is 3. The molecule has 2 aromatic carbocycles. The van der Waals surface area contributed by atoms with Crippen molar-refractivity contribution in [3.8, 4) is 0 Å². The van der Waals surface area contributed by atoms with Gasteiger partial charge in [-0.05, 0) is 42.7 Å². The number of fused-ring (bicyclic) bond motifs is 1. The summed E-state index contributed by atoms with van der Waals surface area (Å²) in [5.74, 6) is 0.0401. The minimum atomic E-state index is -0.0756. The maximum absolute atomic E-state index is 12.7. The number of imidazole rings is 1. The normalized spacial score (nSPS) is 15.5. The number of amides is 1. The number of nitrogens with two attached hydrogens (primary N) is 1. The number of hydrogen-bond donors (Lipinski definition) is 2. The summed E-state index contributed by atoms with van der Waals surface area (Å²) in [6.45, 7) is 1.77. The molecule has 0 unspecified atom stereocenters. The molecular formula is C20H22N4O2. The molecule has 26 heavy (non-hydrogen) atoms. The number of carbonyl (C=O) groups is 1. The lowest BCUT2D eigenvalue weighted by Gasteiger charge is -2.32. The molecule has 0 bridgehead atoms. The molecule has 0 atom stereocenters. The van der Waals surface area contributed by atoms with Crippen molar-refractivity contribution in [1.82, 2.24) is 14.5 Å². The van der Waals surface area contributed by atoms with Crippen LogP contribution in [-0.2, 0) is 6.54 Å². The van der Waals surface area contributed by atoms with Crippen molar-refractivity contribution in [2.45, 2.75) is 25.4 Å². The molecule has 6 heteroatoms. The first kappa shape index (κ1) is 16.6. The van der Waals surface area contributed by atoms with Gasteiger partial charge >= 0.3 is 5.69 Å². The minimum absolute atomic E-state index is 0.0401. The largest absolute Gasteiger partial charge is 0.338 e. The molecule has 0 aliphatic carbocycles. The van der Waals surface area contributed by atoms with E-state index in [1.54, 1.807) is 0 Å². The van der Waals surface area contributed by atoms with Crippen LogP contribution < -0.4 is 11.4 Å². The minimum Gasteiger partial charge on any atom is -0.338 e. The van der Waals surface area contributed by atoms with E-state index in [2.05, 4.69) is 4.98 Å². The van der Waals surface area contributed by atoms with Gasteiger partial charge in [-0.25, -0.2) is 4.79 Å². The van der Waals surface area contributed by atoms with Crippen molar-refractivity contribution in [2.24, 2.45) is 5.73 Å². The number of para-hydroxylation sites is 2. The lowest BCUT2D eigenvalue weighted by Crippen LogP contribution is -2.40. The van der Waals surface area contributed by atoms with E-state index in [4.69, 9.17) is 5.73 Å². The van der Waals surface area contributed by atoms with Crippen molar-refractivity contribution < 1.29 is 4.79 Å². The molecule has 0 spiro atoms. The van der Waals surface area contributed by atoms with Crippen LogP contribution in [0.4, 0.5) is 0 Å². The Hall–Kier alpha value is -2.86. The second kappa shape index (κ2) is 6.80. The van der Waals surface area contributed by atoms with E-state index in [1.807, 2.05) is 58.0 Å². The highest BCUT2D eigenvalue weighted by molar-refractivity contribution is 5.94. The first-order valence-corrected chi connectivity index (χ1v) is 8.95. The molecule has 4 rings (SSSR count). The summed E-state index contributed by atoms with van der Waals surface area (Å²) in [6.07, 6.45) is 1.54. The van der Waals surface area contributed by atoms with Crippen LogP contribution in [0.3, 0.4) is 0 Å². The number of nitrogens with one attached hydrogen (secondary N) is 1. The van der Waals surface area contributed by atoms with Crippen LogP contribution in [0.5, 0.6) is 0 Å². The third-order valence-corrected chi connectivity index (χ3v) is 5.18.